The smallest absolute Gasteiger partial charge is 0.338 e. The summed E-state index contributed by atoms with van der Waals surface area (Å²) in [5.74, 6) is -6.53. The van der Waals surface area contributed by atoms with E-state index in [9.17, 15) is 61.0 Å². The predicted octanol–water partition coefficient (Wildman–Crippen LogP) is 0.0574. The van der Waals surface area contributed by atoms with Crippen molar-refractivity contribution in [1.29, 1.82) is 0 Å². The average Bonchev–Trinajstić information content (AvgIpc) is 2.97. The first-order valence-corrected chi connectivity index (χ1v) is 13.0. The fourth-order valence-corrected chi connectivity index (χ4v) is 4.94. The summed E-state index contributed by atoms with van der Waals surface area (Å²) < 4.78 is 22.6. The number of aliphatic hydroxyl groups is 3. The number of carbonyl (C=O) groups excluding carboxylic acids is 1. The monoisotopic (exact) mass is 620 g/mol. The molecule has 1 fully saturated rings. The summed E-state index contributed by atoms with van der Waals surface area (Å²) in [5, 5.41) is 111. The summed E-state index contributed by atoms with van der Waals surface area (Å²) in [6.07, 6.45) is -11.4. The minimum Gasteiger partial charge on any atom is -0.508 e. The largest absolute Gasteiger partial charge is 0.508 e. The average molecular weight is 621 g/mol. The lowest BCUT2D eigenvalue weighted by atomic mass is 9.93. The molecule has 2 aliphatic rings. The summed E-state index contributed by atoms with van der Waals surface area (Å²) in [7, 11) is 0. The van der Waals surface area contributed by atoms with Crippen molar-refractivity contribution in [1.82, 2.24) is 0 Å². The van der Waals surface area contributed by atoms with Crippen molar-refractivity contribution >= 4 is 5.97 Å². The van der Waals surface area contributed by atoms with Crippen LogP contribution in [-0.2, 0) is 20.6 Å². The summed E-state index contributed by atoms with van der Waals surface area (Å²) in [6.45, 7) is -0.723. The number of phenols is 8. The van der Waals surface area contributed by atoms with E-state index in [0.717, 1.165) is 30.3 Å². The number of esters is 1. The second-order valence-electron chi connectivity index (χ2n) is 10.2. The molecule has 7 atom stereocenters. The van der Waals surface area contributed by atoms with Crippen molar-refractivity contribution in [2.75, 3.05) is 6.61 Å². The minimum atomic E-state index is -1.89. The van der Waals surface area contributed by atoms with E-state index in [1.54, 1.807) is 0 Å². The van der Waals surface area contributed by atoms with Crippen LogP contribution in [-0.4, -0.2) is 106 Å². The fraction of sp³-hybridized carbons (Fsp3) is 0.321. The van der Waals surface area contributed by atoms with Crippen molar-refractivity contribution in [3.05, 3.63) is 53.1 Å². The van der Waals surface area contributed by atoms with Gasteiger partial charge in [0.2, 0.25) is 0 Å². The maximum Gasteiger partial charge on any atom is 0.338 e. The highest BCUT2D eigenvalue weighted by Crippen LogP contribution is 2.46. The molecule has 236 valence electrons. The molecule has 16 nitrogen and oxygen atoms in total. The zero-order valence-electron chi connectivity index (χ0n) is 22.4. The molecule has 0 radical (unpaired) electrons. The number of hydrogen-bond donors (Lipinski definition) is 11. The van der Waals surface area contributed by atoms with E-state index in [0.29, 0.717) is 0 Å². The van der Waals surface area contributed by atoms with Crippen molar-refractivity contribution < 1.29 is 79.9 Å². The van der Waals surface area contributed by atoms with Crippen molar-refractivity contribution in [2.24, 2.45) is 0 Å². The molecule has 0 bridgehead atoms. The van der Waals surface area contributed by atoms with Gasteiger partial charge in [-0.25, -0.2) is 4.79 Å². The molecule has 1 saturated heterocycles. The first-order valence-electron chi connectivity index (χ1n) is 13.0. The zero-order chi connectivity index (χ0) is 32.0. The number of carbonyl (C=O) groups is 1. The third kappa shape index (κ3) is 5.71. The molecule has 2 heterocycles. The molecule has 0 saturated carbocycles. The van der Waals surface area contributed by atoms with Crippen molar-refractivity contribution in [3.8, 4) is 51.7 Å². The Balaban J connectivity index is 1.39. The number of rotatable bonds is 6. The summed E-state index contributed by atoms with van der Waals surface area (Å²) in [5.41, 5.74) is -0.162. The van der Waals surface area contributed by atoms with Gasteiger partial charge in [-0.3, -0.25) is 0 Å². The van der Waals surface area contributed by atoms with Gasteiger partial charge in [-0.15, -0.1) is 0 Å². The van der Waals surface area contributed by atoms with Gasteiger partial charge in [-0.2, -0.15) is 0 Å². The SMILES string of the molecule is O=C(OC[C@@H]1O[C@H](O[C@@H]2Cc3c(O)cc(O)cc3O[C@@H]2c2cc(O)c(O)c(O)c2)[C@@H](O)[C@H](O)[C@H]1O)c1cc(O)c(O)c(O)c1. The third-order valence-electron chi connectivity index (χ3n) is 7.25. The van der Waals surface area contributed by atoms with Gasteiger partial charge >= 0.3 is 5.97 Å². The highest BCUT2D eigenvalue weighted by atomic mass is 16.7. The molecule has 0 aromatic heterocycles. The molecule has 3 aromatic rings. The lowest BCUT2D eigenvalue weighted by Gasteiger charge is -2.43. The van der Waals surface area contributed by atoms with E-state index in [1.165, 1.54) is 6.07 Å². The Morgan fingerprint density at radius 2 is 1.34 bits per heavy atom. The maximum absolute atomic E-state index is 12.5. The van der Waals surface area contributed by atoms with Crippen LogP contribution in [0.25, 0.3) is 0 Å². The van der Waals surface area contributed by atoms with Crippen LogP contribution in [0.15, 0.2) is 36.4 Å². The number of aliphatic hydroxyl groups excluding tert-OH is 3. The molecule has 3 aromatic carbocycles. The topological polar surface area (TPSA) is 277 Å². The van der Waals surface area contributed by atoms with Crippen molar-refractivity contribution in [3.63, 3.8) is 0 Å². The number of fused-ring (bicyclic) bond motifs is 1. The standard InChI is InChI=1S/C28H28O16/c29-11-5-13(30)12-7-19(26(42-18(12)6-11)9-1-14(31)21(35)15(32)2-9)43-28-25(39)24(38)23(37)20(44-28)8-41-27(40)10-3-16(33)22(36)17(34)4-10/h1-6,19-20,23-26,28-39H,7-8H2/t19-,20+,23+,24-,25+,26-,28+/m1/s1. The van der Waals surface area contributed by atoms with E-state index < -0.39 is 90.0 Å². The Morgan fingerprint density at radius 1 is 0.750 bits per heavy atom. The molecule has 11 N–H and O–H groups in total. The molecule has 44 heavy (non-hydrogen) atoms. The second-order valence-corrected chi connectivity index (χ2v) is 10.2. The van der Waals surface area contributed by atoms with Crippen LogP contribution < -0.4 is 4.74 Å². The quantitative estimate of drug-likeness (QED) is 0.128. The van der Waals surface area contributed by atoms with Gasteiger partial charge in [0, 0.05) is 29.7 Å². The Labute approximate surface area is 247 Å². The zero-order valence-corrected chi connectivity index (χ0v) is 22.4. The van der Waals surface area contributed by atoms with E-state index >= 15 is 0 Å². The lowest BCUT2D eigenvalue weighted by Crippen LogP contribution is -2.60. The van der Waals surface area contributed by atoms with Gasteiger partial charge in [-0.05, 0) is 24.3 Å². The molecule has 16 heteroatoms. The molecule has 0 unspecified atom stereocenters. The van der Waals surface area contributed by atoms with Gasteiger partial charge in [0.05, 0.1) is 5.56 Å². The maximum atomic E-state index is 12.5. The predicted molar refractivity (Wildman–Crippen MR) is 142 cm³/mol. The van der Waals surface area contributed by atoms with Crippen LogP contribution in [0.1, 0.15) is 27.6 Å². The van der Waals surface area contributed by atoms with Gasteiger partial charge < -0.3 is 75.1 Å². The van der Waals surface area contributed by atoms with Crippen LogP contribution in [0.4, 0.5) is 0 Å². The number of aromatic hydroxyl groups is 8. The van der Waals surface area contributed by atoms with Crippen LogP contribution in [0.5, 0.6) is 51.7 Å². The Bertz CT molecular complexity index is 1530. The van der Waals surface area contributed by atoms with Gasteiger partial charge in [-0.1, -0.05) is 0 Å². The van der Waals surface area contributed by atoms with Crippen LogP contribution in [0.3, 0.4) is 0 Å². The Morgan fingerprint density at radius 3 is 1.95 bits per heavy atom. The summed E-state index contributed by atoms with van der Waals surface area (Å²) >= 11 is 0. The molecule has 0 spiro atoms. The molecule has 0 aliphatic carbocycles. The summed E-state index contributed by atoms with van der Waals surface area (Å²) in [6, 6.07) is 5.98. The normalized spacial score (nSPS) is 26.4. The lowest BCUT2D eigenvalue weighted by molar-refractivity contribution is -0.317. The minimum absolute atomic E-state index is 0.0102. The van der Waals surface area contributed by atoms with E-state index in [2.05, 4.69) is 0 Å². The summed E-state index contributed by atoms with van der Waals surface area (Å²) in [4.78, 5) is 12.5. The highest BCUT2D eigenvalue weighted by molar-refractivity contribution is 5.91. The second kappa shape index (κ2) is 11.7. The van der Waals surface area contributed by atoms with Crippen LogP contribution >= 0.6 is 0 Å². The number of benzene rings is 3. The first kappa shape index (κ1) is 30.6. The van der Waals surface area contributed by atoms with E-state index in [-0.39, 0.29) is 40.4 Å². The Kier molecular flexibility index (Phi) is 8.11. The fourth-order valence-electron chi connectivity index (χ4n) is 4.94. The third-order valence-corrected chi connectivity index (χ3v) is 7.25. The van der Waals surface area contributed by atoms with E-state index in [4.69, 9.17) is 18.9 Å². The number of ether oxygens (including phenoxy) is 4. The van der Waals surface area contributed by atoms with Gasteiger partial charge in [0.15, 0.2) is 46.9 Å². The molecular weight excluding hydrogens is 592 g/mol. The highest BCUT2D eigenvalue weighted by Gasteiger charge is 2.47. The van der Waals surface area contributed by atoms with E-state index in [1.807, 2.05) is 0 Å². The molecule has 5 rings (SSSR count). The van der Waals surface area contributed by atoms with Gasteiger partial charge in [0.1, 0.15) is 54.4 Å². The molecular formula is C28H28O16. The molecule has 0 amide bonds. The first-order chi connectivity index (χ1) is 20.7. The molecule has 2 aliphatic heterocycles. The Hall–Kier alpha value is -4.87. The van der Waals surface area contributed by atoms with Crippen LogP contribution in [0, 0.1) is 0 Å². The van der Waals surface area contributed by atoms with Crippen molar-refractivity contribution in [2.45, 2.75) is 49.3 Å². The number of hydrogen-bond acceptors (Lipinski definition) is 16. The van der Waals surface area contributed by atoms with Gasteiger partial charge in [0.25, 0.3) is 0 Å². The number of phenolic OH excluding ortho intramolecular Hbond substituents is 8. The van der Waals surface area contributed by atoms with Crippen LogP contribution in [0.2, 0.25) is 0 Å².